The van der Waals surface area contributed by atoms with E-state index in [-0.39, 0.29) is 35.0 Å². The normalized spacial score (nSPS) is 34.5. The van der Waals surface area contributed by atoms with Gasteiger partial charge in [0.2, 0.25) is 5.91 Å². The summed E-state index contributed by atoms with van der Waals surface area (Å²) >= 11 is 1.75. The molecule has 1 aliphatic heterocycles. The van der Waals surface area contributed by atoms with Crippen LogP contribution in [0.1, 0.15) is 50.1 Å². The summed E-state index contributed by atoms with van der Waals surface area (Å²) in [5.41, 5.74) is 1.19. The van der Waals surface area contributed by atoms with Crippen LogP contribution in [0.5, 0.6) is 0 Å². The minimum Gasteiger partial charge on any atom is -0.392 e. The standard InChI is InChI=1S/C24H38N4O2S/c1-6-9-25-23-26-20-16(3)19-21(29)17(7-8-24(19,4)14-18(20)31-23)15(2)22(30)28-12-10-27(5)11-13-28/h6,15-17,19,21,29H,1,7-14H2,2-5H3,(H,25,26). The van der Waals surface area contributed by atoms with E-state index in [1.165, 1.54) is 4.88 Å². The Morgan fingerprint density at radius 1 is 1.42 bits per heavy atom. The van der Waals surface area contributed by atoms with Gasteiger partial charge in [0, 0.05) is 49.4 Å². The lowest BCUT2D eigenvalue weighted by atomic mass is 9.53. The van der Waals surface area contributed by atoms with Gasteiger partial charge in [-0.25, -0.2) is 4.98 Å². The molecule has 6 nitrogen and oxygen atoms in total. The monoisotopic (exact) mass is 446 g/mol. The number of nitrogens with one attached hydrogen (secondary N) is 1. The van der Waals surface area contributed by atoms with Crippen LogP contribution in [0.2, 0.25) is 0 Å². The fraction of sp³-hybridized carbons (Fsp3) is 0.750. The summed E-state index contributed by atoms with van der Waals surface area (Å²) in [6.07, 6.45) is 4.31. The second-order valence-electron chi connectivity index (χ2n) is 10.3. The van der Waals surface area contributed by atoms with Crippen molar-refractivity contribution in [1.82, 2.24) is 14.8 Å². The van der Waals surface area contributed by atoms with Crippen LogP contribution >= 0.6 is 11.3 Å². The van der Waals surface area contributed by atoms with Gasteiger partial charge in [-0.1, -0.05) is 26.8 Å². The maximum absolute atomic E-state index is 13.2. The number of hydrogen-bond donors (Lipinski definition) is 2. The van der Waals surface area contributed by atoms with Crippen LogP contribution in [0.4, 0.5) is 5.13 Å². The van der Waals surface area contributed by atoms with Crippen LogP contribution in [0.3, 0.4) is 0 Å². The van der Waals surface area contributed by atoms with Crippen LogP contribution in [0.25, 0.3) is 0 Å². The molecule has 1 saturated heterocycles. The van der Waals surface area contributed by atoms with Crippen molar-refractivity contribution in [2.75, 3.05) is 45.1 Å². The number of carbonyl (C=O) groups is 1. The number of fused-ring (bicyclic) bond motifs is 2. The Morgan fingerprint density at radius 3 is 2.81 bits per heavy atom. The zero-order chi connectivity index (χ0) is 22.3. The van der Waals surface area contributed by atoms with Crippen molar-refractivity contribution in [1.29, 1.82) is 0 Å². The van der Waals surface area contributed by atoms with E-state index >= 15 is 0 Å². The molecule has 0 spiro atoms. The number of aromatic nitrogens is 1. The number of likely N-dealkylation sites (N-methyl/N-ethyl adjacent to an activating group) is 1. The van der Waals surface area contributed by atoms with E-state index in [2.05, 4.69) is 37.7 Å². The van der Waals surface area contributed by atoms with Crippen molar-refractivity contribution in [2.45, 2.75) is 52.1 Å². The van der Waals surface area contributed by atoms with E-state index in [0.29, 0.717) is 6.54 Å². The molecule has 0 bridgehead atoms. The van der Waals surface area contributed by atoms with Crippen LogP contribution in [-0.4, -0.2) is 71.7 Å². The average molecular weight is 447 g/mol. The van der Waals surface area contributed by atoms with E-state index in [1.54, 1.807) is 11.3 Å². The molecule has 2 fully saturated rings. The van der Waals surface area contributed by atoms with E-state index in [1.807, 2.05) is 17.9 Å². The van der Waals surface area contributed by atoms with Gasteiger partial charge in [-0.3, -0.25) is 4.79 Å². The summed E-state index contributed by atoms with van der Waals surface area (Å²) in [6.45, 7) is 14.5. The maximum atomic E-state index is 13.2. The maximum Gasteiger partial charge on any atom is 0.225 e. The zero-order valence-corrected chi connectivity index (χ0v) is 20.2. The van der Waals surface area contributed by atoms with Gasteiger partial charge >= 0.3 is 0 Å². The molecule has 6 atom stereocenters. The summed E-state index contributed by atoms with van der Waals surface area (Å²) in [7, 11) is 2.10. The Morgan fingerprint density at radius 2 is 2.13 bits per heavy atom. The van der Waals surface area contributed by atoms with E-state index < -0.39 is 6.10 Å². The van der Waals surface area contributed by atoms with Crippen LogP contribution in [0.15, 0.2) is 12.7 Å². The van der Waals surface area contributed by atoms with Crippen LogP contribution < -0.4 is 5.32 Å². The lowest BCUT2D eigenvalue weighted by Gasteiger charge is -2.53. The Hall–Kier alpha value is -1.44. The summed E-state index contributed by atoms with van der Waals surface area (Å²) in [4.78, 5) is 23.7. The molecule has 7 heteroatoms. The molecular formula is C24H38N4O2S. The zero-order valence-electron chi connectivity index (χ0n) is 19.4. The smallest absolute Gasteiger partial charge is 0.225 e. The molecular weight excluding hydrogens is 408 g/mol. The number of hydrogen-bond acceptors (Lipinski definition) is 6. The third-order valence-electron chi connectivity index (χ3n) is 8.17. The lowest BCUT2D eigenvalue weighted by molar-refractivity contribution is -0.146. The van der Waals surface area contributed by atoms with Crippen molar-refractivity contribution >= 4 is 22.4 Å². The minimum atomic E-state index is -0.473. The number of thiazole rings is 1. The third kappa shape index (κ3) is 4.16. The quantitative estimate of drug-likeness (QED) is 0.680. The minimum absolute atomic E-state index is 0.0197. The molecule has 172 valence electrons. The molecule has 4 rings (SSSR count). The molecule has 2 aliphatic carbocycles. The van der Waals surface area contributed by atoms with Gasteiger partial charge < -0.3 is 20.2 Å². The van der Waals surface area contributed by atoms with E-state index in [9.17, 15) is 9.90 Å². The second-order valence-corrected chi connectivity index (χ2v) is 11.3. The number of aliphatic hydroxyl groups is 1. The lowest BCUT2D eigenvalue weighted by Crippen LogP contribution is -2.55. The van der Waals surface area contributed by atoms with Crippen LogP contribution in [-0.2, 0) is 11.2 Å². The van der Waals surface area contributed by atoms with Crippen molar-refractivity contribution in [3.63, 3.8) is 0 Å². The molecule has 1 saturated carbocycles. The topological polar surface area (TPSA) is 68.7 Å². The van der Waals surface area contributed by atoms with Crippen LogP contribution in [0, 0.1) is 23.2 Å². The highest BCUT2D eigenvalue weighted by Crippen LogP contribution is 2.57. The average Bonchev–Trinajstić information content (AvgIpc) is 3.14. The summed E-state index contributed by atoms with van der Waals surface area (Å²) in [5, 5.41) is 15.9. The summed E-state index contributed by atoms with van der Waals surface area (Å²) in [6, 6.07) is 0. The van der Waals surface area contributed by atoms with Crippen molar-refractivity contribution < 1.29 is 9.90 Å². The number of nitrogens with zero attached hydrogens (tertiary/aromatic N) is 3. The van der Waals surface area contributed by atoms with Gasteiger partial charge in [-0.05, 0) is 43.6 Å². The molecule has 0 radical (unpaired) electrons. The molecule has 1 amide bonds. The predicted octanol–water partition coefficient (Wildman–Crippen LogP) is 3.20. The van der Waals surface area contributed by atoms with Gasteiger partial charge in [-0.2, -0.15) is 0 Å². The number of anilines is 1. The summed E-state index contributed by atoms with van der Waals surface area (Å²) in [5.74, 6) is 0.418. The molecule has 1 aromatic heterocycles. The van der Waals surface area contributed by atoms with E-state index in [0.717, 1.165) is 56.3 Å². The number of carbonyl (C=O) groups excluding carboxylic acids is 1. The first-order valence-corrected chi connectivity index (χ1v) is 12.6. The van der Waals surface area contributed by atoms with Gasteiger partial charge in [0.05, 0.1) is 11.8 Å². The fourth-order valence-electron chi connectivity index (χ4n) is 6.28. The number of piperazine rings is 1. The molecule has 3 aliphatic rings. The number of amides is 1. The number of rotatable bonds is 5. The fourth-order valence-corrected chi connectivity index (χ4v) is 7.55. The molecule has 6 unspecified atom stereocenters. The molecule has 1 aromatic rings. The van der Waals surface area contributed by atoms with Gasteiger partial charge in [0.1, 0.15) is 0 Å². The first-order chi connectivity index (χ1) is 14.7. The van der Waals surface area contributed by atoms with E-state index in [4.69, 9.17) is 4.98 Å². The van der Waals surface area contributed by atoms with Crippen molar-refractivity contribution in [3.8, 4) is 0 Å². The summed E-state index contributed by atoms with van der Waals surface area (Å²) < 4.78 is 0. The highest BCUT2D eigenvalue weighted by Gasteiger charge is 2.54. The highest BCUT2D eigenvalue weighted by molar-refractivity contribution is 7.15. The molecule has 0 aromatic carbocycles. The number of aliphatic hydroxyl groups excluding tert-OH is 1. The van der Waals surface area contributed by atoms with Gasteiger partial charge in [0.15, 0.2) is 5.13 Å². The second kappa shape index (κ2) is 8.83. The van der Waals surface area contributed by atoms with Crippen molar-refractivity contribution in [2.24, 2.45) is 23.2 Å². The Bertz CT molecular complexity index is 819. The Labute approximate surface area is 190 Å². The Kier molecular flexibility index (Phi) is 6.48. The predicted molar refractivity (Wildman–Crippen MR) is 126 cm³/mol. The SMILES string of the molecule is C=CCNc1nc2c(s1)CC1(C)CCC(C(C)C(=O)N3CCN(C)CC3)C(O)C1C2C. The van der Waals surface area contributed by atoms with Crippen molar-refractivity contribution in [3.05, 3.63) is 23.2 Å². The first kappa shape index (κ1) is 22.7. The van der Waals surface area contributed by atoms with Gasteiger partial charge in [0.25, 0.3) is 0 Å². The Balaban J connectivity index is 1.52. The highest BCUT2D eigenvalue weighted by atomic mass is 32.1. The largest absolute Gasteiger partial charge is 0.392 e. The third-order valence-corrected chi connectivity index (χ3v) is 9.20. The molecule has 31 heavy (non-hydrogen) atoms. The molecule has 2 heterocycles. The van der Waals surface area contributed by atoms with Gasteiger partial charge in [-0.15, -0.1) is 17.9 Å². The first-order valence-electron chi connectivity index (χ1n) is 11.7. The molecule has 2 N–H and O–H groups in total.